The van der Waals surface area contributed by atoms with Crippen molar-refractivity contribution >= 4 is 29.5 Å². The van der Waals surface area contributed by atoms with E-state index in [4.69, 9.17) is 4.74 Å². The van der Waals surface area contributed by atoms with Gasteiger partial charge in [0.05, 0.1) is 6.61 Å². The largest absolute Gasteiger partial charge is 0.463 e. The van der Waals surface area contributed by atoms with E-state index >= 15 is 0 Å². The Hall–Kier alpha value is -2.63. The van der Waals surface area contributed by atoms with Crippen LogP contribution in [-0.2, 0) is 19.1 Å². The molecule has 0 spiro atoms. The molecule has 1 fully saturated rings. The van der Waals surface area contributed by atoms with E-state index in [0.717, 1.165) is 31.2 Å². The van der Waals surface area contributed by atoms with Crippen molar-refractivity contribution in [3.05, 3.63) is 35.9 Å². The Labute approximate surface area is 154 Å². The maximum absolute atomic E-state index is 12.6. The van der Waals surface area contributed by atoms with Gasteiger partial charge in [0, 0.05) is 18.7 Å². The van der Waals surface area contributed by atoms with Gasteiger partial charge in [0.2, 0.25) is 11.8 Å². The Balaban J connectivity index is 1.98. The zero-order valence-electron chi connectivity index (χ0n) is 15.3. The van der Waals surface area contributed by atoms with E-state index in [2.05, 4.69) is 10.6 Å². The molecule has 1 saturated carbocycles. The molecular formula is C20H26N2O4. The molecule has 1 aromatic rings. The van der Waals surface area contributed by atoms with Crippen LogP contribution >= 0.6 is 0 Å². The molecule has 1 aromatic carbocycles. The fraction of sp³-hybridized carbons (Fsp3) is 0.450. The number of carbonyl (C=O) groups excluding carboxylic acids is 3. The zero-order valence-corrected chi connectivity index (χ0v) is 15.3. The summed E-state index contributed by atoms with van der Waals surface area (Å²) >= 11 is 0. The van der Waals surface area contributed by atoms with Crippen molar-refractivity contribution in [2.75, 3.05) is 11.9 Å². The highest BCUT2D eigenvalue weighted by Crippen LogP contribution is 2.28. The lowest BCUT2D eigenvalue weighted by Crippen LogP contribution is -2.47. The number of anilines is 1. The molecule has 0 aromatic heterocycles. The molecule has 1 aliphatic rings. The molecule has 6 nitrogen and oxygen atoms in total. The maximum atomic E-state index is 12.6. The van der Waals surface area contributed by atoms with Gasteiger partial charge in [-0.05, 0) is 49.5 Å². The Kier molecular flexibility index (Phi) is 7.38. The molecule has 6 heteroatoms. The van der Waals surface area contributed by atoms with E-state index in [-0.39, 0.29) is 23.7 Å². The second-order valence-corrected chi connectivity index (χ2v) is 6.42. The Morgan fingerprint density at radius 3 is 2.42 bits per heavy atom. The monoisotopic (exact) mass is 358 g/mol. The number of ether oxygens (including phenoxy) is 1. The molecule has 0 bridgehead atoms. The number of rotatable bonds is 7. The van der Waals surface area contributed by atoms with Crippen LogP contribution in [0.15, 0.2) is 30.3 Å². The van der Waals surface area contributed by atoms with Crippen LogP contribution in [0.2, 0.25) is 0 Å². The van der Waals surface area contributed by atoms with Crippen molar-refractivity contribution in [2.45, 2.75) is 45.6 Å². The third-order valence-electron chi connectivity index (χ3n) is 4.39. The molecule has 0 saturated heterocycles. The standard InChI is InChI=1S/C20H26N2O4/c1-3-26-18(24)13-10-15-8-11-17(12-9-15)22-20(25)19(21-14(2)23)16-6-4-5-7-16/h8-13,16,19H,3-7H2,1-2H3,(H,21,23)(H,22,25). The first kappa shape index (κ1) is 19.7. The predicted molar refractivity (Wildman–Crippen MR) is 100 cm³/mol. The van der Waals surface area contributed by atoms with Gasteiger partial charge in [0.15, 0.2) is 0 Å². The summed E-state index contributed by atoms with van der Waals surface area (Å²) in [5, 5.41) is 5.65. The van der Waals surface area contributed by atoms with Crippen LogP contribution in [0, 0.1) is 5.92 Å². The van der Waals surface area contributed by atoms with Crippen molar-refractivity contribution < 1.29 is 19.1 Å². The van der Waals surface area contributed by atoms with Gasteiger partial charge in [-0.1, -0.05) is 25.0 Å². The molecule has 26 heavy (non-hydrogen) atoms. The van der Waals surface area contributed by atoms with Gasteiger partial charge < -0.3 is 15.4 Å². The average Bonchev–Trinajstić information content (AvgIpc) is 3.13. The van der Waals surface area contributed by atoms with Crippen LogP contribution in [-0.4, -0.2) is 30.4 Å². The van der Waals surface area contributed by atoms with Crippen molar-refractivity contribution in [3.63, 3.8) is 0 Å². The van der Waals surface area contributed by atoms with E-state index in [1.807, 2.05) is 0 Å². The van der Waals surface area contributed by atoms with E-state index in [1.54, 1.807) is 37.3 Å². The highest BCUT2D eigenvalue weighted by molar-refractivity contribution is 5.97. The van der Waals surface area contributed by atoms with Gasteiger partial charge in [0.1, 0.15) is 6.04 Å². The summed E-state index contributed by atoms with van der Waals surface area (Å²) in [6.45, 7) is 3.52. The van der Waals surface area contributed by atoms with Crippen LogP contribution < -0.4 is 10.6 Å². The van der Waals surface area contributed by atoms with Crippen molar-refractivity contribution in [1.82, 2.24) is 5.32 Å². The molecule has 1 aliphatic carbocycles. The summed E-state index contributed by atoms with van der Waals surface area (Å²) in [4.78, 5) is 35.4. The number of hydrogen-bond acceptors (Lipinski definition) is 4. The number of amides is 2. The third-order valence-corrected chi connectivity index (χ3v) is 4.39. The lowest BCUT2D eigenvalue weighted by Gasteiger charge is -2.23. The van der Waals surface area contributed by atoms with Gasteiger partial charge in [-0.25, -0.2) is 4.79 Å². The highest BCUT2D eigenvalue weighted by Gasteiger charge is 2.31. The fourth-order valence-electron chi connectivity index (χ4n) is 3.16. The quantitative estimate of drug-likeness (QED) is 0.580. The number of carbonyl (C=O) groups is 3. The van der Waals surface area contributed by atoms with Gasteiger partial charge in [0.25, 0.3) is 0 Å². The molecule has 0 heterocycles. The first-order chi connectivity index (χ1) is 12.5. The van der Waals surface area contributed by atoms with Crippen LogP contribution in [0.4, 0.5) is 5.69 Å². The average molecular weight is 358 g/mol. The first-order valence-corrected chi connectivity index (χ1v) is 9.02. The topological polar surface area (TPSA) is 84.5 Å². The SMILES string of the molecule is CCOC(=O)C=Cc1ccc(NC(=O)C(NC(C)=O)C2CCCC2)cc1. The van der Waals surface area contributed by atoms with Gasteiger partial charge in [-0.15, -0.1) is 0 Å². The molecule has 140 valence electrons. The van der Waals surface area contributed by atoms with Gasteiger partial charge >= 0.3 is 5.97 Å². The summed E-state index contributed by atoms with van der Waals surface area (Å²) in [5.74, 6) is -0.594. The second kappa shape index (κ2) is 9.75. The van der Waals surface area contributed by atoms with E-state index in [0.29, 0.717) is 12.3 Å². The summed E-state index contributed by atoms with van der Waals surface area (Å²) in [6.07, 6.45) is 7.11. The van der Waals surface area contributed by atoms with E-state index in [1.165, 1.54) is 13.0 Å². The predicted octanol–water partition coefficient (Wildman–Crippen LogP) is 2.90. The number of nitrogens with one attached hydrogen (secondary N) is 2. The van der Waals surface area contributed by atoms with Crippen LogP contribution in [0.1, 0.15) is 45.1 Å². The Bertz CT molecular complexity index is 661. The number of benzene rings is 1. The van der Waals surface area contributed by atoms with Crippen molar-refractivity contribution in [3.8, 4) is 0 Å². The number of esters is 1. The van der Waals surface area contributed by atoms with E-state index in [9.17, 15) is 14.4 Å². The minimum atomic E-state index is -0.501. The molecule has 2 rings (SSSR count). The first-order valence-electron chi connectivity index (χ1n) is 9.02. The Morgan fingerprint density at radius 2 is 1.85 bits per heavy atom. The minimum Gasteiger partial charge on any atom is -0.463 e. The molecule has 0 radical (unpaired) electrons. The highest BCUT2D eigenvalue weighted by atomic mass is 16.5. The summed E-state index contributed by atoms with van der Waals surface area (Å²) < 4.78 is 4.83. The van der Waals surface area contributed by atoms with Crippen LogP contribution in [0.25, 0.3) is 6.08 Å². The van der Waals surface area contributed by atoms with E-state index < -0.39 is 6.04 Å². The molecule has 0 aliphatic heterocycles. The summed E-state index contributed by atoms with van der Waals surface area (Å²) in [7, 11) is 0. The van der Waals surface area contributed by atoms with Crippen molar-refractivity contribution in [1.29, 1.82) is 0 Å². The molecule has 2 amide bonds. The van der Waals surface area contributed by atoms with Crippen molar-refractivity contribution in [2.24, 2.45) is 5.92 Å². The summed E-state index contributed by atoms with van der Waals surface area (Å²) in [6, 6.07) is 6.63. The third kappa shape index (κ3) is 6.02. The zero-order chi connectivity index (χ0) is 18.9. The minimum absolute atomic E-state index is 0.186. The van der Waals surface area contributed by atoms with Gasteiger partial charge in [-0.3, -0.25) is 9.59 Å². The smallest absolute Gasteiger partial charge is 0.330 e. The lowest BCUT2D eigenvalue weighted by molar-refractivity contribution is -0.137. The maximum Gasteiger partial charge on any atom is 0.330 e. The lowest BCUT2D eigenvalue weighted by atomic mass is 9.97. The second-order valence-electron chi connectivity index (χ2n) is 6.42. The summed E-state index contributed by atoms with van der Waals surface area (Å²) in [5.41, 5.74) is 1.47. The molecule has 1 atom stereocenters. The normalized spacial score (nSPS) is 15.6. The van der Waals surface area contributed by atoms with Crippen LogP contribution in [0.3, 0.4) is 0 Å². The number of hydrogen-bond donors (Lipinski definition) is 2. The molecule has 2 N–H and O–H groups in total. The Morgan fingerprint density at radius 1 is 1.19 bits per heavy atom. The van der Waals surface area contributed by atoms with Gasteiger partial charge in [-0.2, -0.15) is 0 Å². The van der Waals surface area contributed by atoms with Crippen LogP contribution in [0.5, 0.6) is 0 Å². The molecule has 1 unspecified atom stereocenters. The molecular weight excluding hydrogens is 332 g/mol. The fourth-order valence-corrected chi connectivity index (χ4v) is 3.16.